The van der Waals surface area contributed by atoms with E-state index in [4.69, 9.17) is 15.7 Å². The molecule has 2 N–H and O–H groups in total. The largest absolute Gasteiger partial charge is 0.495 e. The number of rotatable bonds is 4. The first kappa shape index (κ1) is 14.8. The van der Waals surface area contributed by atoms with Gasteiger partial charge in [-0.1, -0.05) is 6.07 Å². The van der Waals surface area contributed by atoms with Crippen LogP contribution < -0.4 is 10.5 Å². The van der Waals surface area contributed by atoms with Crippen molar-refractivity contribution in [2.24, 2.45) is 11.7 Å². The molecule has 20 heavy (non-hydrogen) atoms. The molecule has 2 rings (SSSR count). The standard InChI is InChI=1S/C16H23N3O/c1-12(18)14-5-7-19(8-6-14)11-13-3-4-15(10-17)16(9-13)20-2/h3-4,9,12,14H,5-8,11,18H2,1-2H3. The predicted octanol–water partition coefficient (Wildman–Crippen LogP) is 2.13. The molecular weight excluding hydrogens is 250 g/mol. The van der Waals surface area contributed by atoms with Crippen molar-refractivity contribution < 1.29 is 4.74 Å². The highest BCUT2D eigenvalue weighted by molar-refractivity contribution is 5.45. The zero-order chi connectivity index (χ0) is 14.5. The van der Waals surface area contributed by atoms with Gasteiger partial charge in [0.25, 0.3) is 0 Å². The SMILES string of the molecule is COc1cc(CN2CCC(C(C)N)CC2)ccc1C#N. The summed E-state index contributed by atoms with van der Waals surface area (Å²) in [4.78, 5) is 2.44. The van der Waals surface area contributed by atoms with E-state index < -0.39 is 0 Å². The van der Waals surface area contributed by atoms with Crippen LogP contribution in [0.5, 0.6) is 5.75 Å². The lowest BCUT2D eigenvalue weighted by molar-refractivity contribution is 0.165. The average Bonchev–Trinajstić information content (AvgIpc) is 2.47. The van der Waals surface area contributed by atoms with Gasteiger partial charge in [-0.25, -0.2) is 0 Å². The van der Waals surface area contributed by atoms with Crippen LogP contribution in [0, 0.1) is 17.2 Å². The summed E-state index contributed by atoms with van der Waals surface area (Å²) in [5.41, 5.74) is 7.75. The van der Waals surface area contributed by atoms with E-state index in [1.165, 1.54) is 18.4 Å². The first-order valence-electron chi connectivity index (χ1n) is 7.19. The summed E-state index contributed by atoms with van der Waals surface area (Å²) in [7, 11) is 1.61. The lowest BCUT2D eigenvalue weighted by Gasteiger charge is -2.33. The molecule has 1 aliphatic rings. The number of methoxy groups -OCH3 is 1. The van der Waals surface area contributed by atoms with Crippen molar-refractivity contribution >= 4 is 0 Å². The Kier molecular flexibility index (Phi) is 4.99. The van der Waals surface area contributed by atoms with Gasteiger partial charge in [0.15, 0.2) is 0 Å². The van der Waals surface area contributed by atoms with E-state index in [1.807, 2.05) is 18.2 Å². The van der Waals surface area contributed by atoms with E-state index in [0.29, 0.717) is 23.3 Å². The van der Waals surface area contributed by atoms with Gasteiger partial charge in [0, 0.05) is 12.6 Å². The third kappa shape index (κ3) is 3.50. The number of piperidine rings is 1. The molecule has 0 radical (unpaired) electrons. The van der Waals surface area contributed by atoms with Crippen LogP contribution in [0.3, 0.4) is 0 Å². The second-order valence-corrected chi connectivity index (χ2v) is 5.62. The quantitative estimate of drug-likeness (QED) is 0.913. The fourth-order valence-electron chi connectivity index (χ4n) is 2.82. The van der Waals surface area contributed by atoms with Gasteiger partial charge in [-0.3, -0.25) is 4.90 Å². The molecule has 0 amide bonds. The van der Waals surface area contributed by atoms with Gasteiger partial charge in [0.2, 0.25) is 0 Å². The number of nitriles is 1. The minimum absolute atomic E-state index is 0.298. The molecule has 1 heterocycles. The van der Waals surface area contributed by atoms with Gasteiger partial charge >= 0.3 is 0 Å². The summed E-state index contributed by atoms with van der Waals surface area (Å²) >= 11 is 0. The third-order valence-corrected chi connectivity index (χ3v) is 4.17. The van der Waals surface area contributed by atoms with Crippen molar-refractivity contribution in [1.29, 1.82) is 5.26 Å². The van der Waals surface area contributed by atoms with Crippen molar-refractivity contribution in [3.8, 4) is 11.8 Å². The van der Waals surface area contributed by atoms with Crippen LogP contribution >= 0.6 is 0 Å². The van der Waals surface area contributed by atoms with Gasteiger partial charge < -0.3 is 10.5 Å². The van der Waals surface area contributed by atoms with Gasteiger partial charge in [-0.2, -0.15) is 5.26 Å². The van der Waals surface area contributed by atoms with Crippen molar-refractivity contribution in [3.63, 3.8) is 0 Å². The maximum atomic E-state index is 8.99. The maximum Gasteiger partial charge on any atom is 0.136 e. The molecular formula is C16H23N3O. The summed E-state index contributed by atoms with van der Waals surface area (Å²) in [6, 6.07) is 8.26. The minimum Gasteiger partial charge on any atom is -0.495 e. The topological polar surface area (TPSA) is 62.3 Å². The maximum absolute atomic E-state index is 8.99. The van der Waals surface area contributed by atoms with E-state index >= 15 is 0 Å². The Morgan fingerprint density at radius 2 is 2.15 bits per heavy atom. The Morgan fingerprint density at radius 3 is 2.70 bits per heavy atom. The van der Waals surface area contributed by atoms with Crippen molar-refractivity contribution in [1.82, 2.24) is 4.90 Å². The van der Waals surface area contributed by atoms with Gasteiger partial charge in [-0.15, -0.1) is 0 Å². The first-order valence-corrected chi connectivity index (χ1v) is 7.19. The zero-order valence-corrected chi connectivity index (χ0v) is 12.3. The Labute approximate surface area is 121 Å². The highest BCUT2D eigenvalue weighted by atomic mass is 16.5. The smallest absolute Gasteiger partial charge is 0.136 e. The molecule has 0 aliphatic carbocycles. The van der Waals surface area contributed by atoms with Crippen molar-refractivity contribution in [2.45, 2.75) is 32.4 Å². The normalized spacial score (nSPS) is 18.5. The highest BCUT2D eigenvalue weighted by Gasteiger charge is 2.21. The second kappa shape index (κ2) is 6.74. The molecule has 0 saturated carbocycles. The monoisotopic (exact) mass is 273 g/mol. The Morgan fingerprint density at radius 1 is 1.45 bits per heavy atom. The molecule has 1 aliphatic heterocycles. The zero-order valence-electron chi connectivity index (χ0n) is 12.3. The van der Waals surface area contributed by atoms with Gasteiger partial charge in [-0.05, 0) is 56.5 Å². The van der Waals surface area contributed by atoms with E-state index in [1.54, 1.807) is 7.11 Å². The fourth-order valence-corrected chi connectivity index (χ4v) is 2.82. The summed E-state index contributed by atoms with van der Waals surface area (Å²) < 4.78 is 5.26. The molecule has 4 nitrogen and oxygen atoms in total. The predicted molar refractivity (Wildman–Crippen MR) is 79.4 cm³/mol. The second-order valence-electron chi connectivity index (χ2n) is 5.62. The van der Waals surface area contributed by atoms with Crippen LogP contribution in [0.1, 0.15) is 30.9 Å². The van der Waals surface area contributed by atoms with E-state index in [9.17, 15) is 0 Å². The molecule has 1 aromatic rings. The van der Waals surface area contributed by atoms with E-state index in [-0.39, 0.29) is 0 Å². The number of likely N-dealkylation sites (tertiary alicyclic amines) is 1. The van der Waals surface area contributed by atoms with Crippen LogP contribution in [0.15, 0.2) is 18.2 Å². The number of hydrogen-bond acceptors (Lipinski definition) is 4. The summed E-state index contributed by atoms with van der Waals surface area (Å²) in [6.45, 7) is 5.20. The highest BCUT2D eigenvalue weighted by Crippen LogP contribution is 2.23. The van der Waals surface area contributed by atoms with Crippen LogP contribution in [0.2, 0.25) is 0 Å². The molecule has 1 unspecified atom stereocenters. The number of benzene rings is 1. The number of nitrogens with zero attached hydrogens (tertiary/aromatic N) is 2. The van der Waals surface area contributed by atoms with E-state index in [2.05, 4.69) is 17.9 Å². The van der Waals surface area contributed by atoms with Crippen LogP contribution in [0.25, 0.3) is 0 Å². The molecule has 1 atom stereocenters. The molecule has 1 aromatic carbocycles. The van der Waals surface area contributed by atoms with Gasteiger partial charge in [0.05, 0.1) is 12.7 Å². The summed E-state index contributed by atoms with van der Waals surface area (Å²) in [5, 5.41) is 8.99. The molecule has 108 valence electrons. The first-order chi connectivity index (χ1) is 9.63. The van der Waals surface area contributed by atoms with Crippen LogP contribution in [-0.4, -0.2) is 31.1 Å². The Hall–Kier alpha value is -1.57. The molecule has 0 aromatic heterocycles. The van der Waals surface area contributed by atoms with Gasteiger partial charge in [0.1, 0.15) is 11.8 Å². The van der Waals surface area contributed by atoms with Crippen LogP contribution in [0.4, 0.5) is 0 Å². The average molecular weight is 273 g/mol. The third-order valence-electron chi connectivity index (χ3n) is 4.17. The lowest BCUT2D eigenvalue weighted by atomic mass is 9.91. The van der Waals surface area contributed by atoms with Crippen LogP contribution in [-0.2, 0) is 6.54 Å². The molecule has 1 fully saturated rings. The Bertz CT molecular complexity index is 485. The fraction of sp³-hybridized carbons (Fsp3) is 0.562. The summed E-state index contributed by atoms with van der Waals surface area (Å²) in [5.74, 6) is 1.32. The molecule has 1 saturated heterocycles. The van der Waals surface area contributed by atoms with E-state index in [0.717, 1.165) is 19.6 Å². The molecule has 0 bridgehead atoms. The number of ether oxygens (including phenoxy) is 1. The Balaban J connectivity index is 1.96. The number of nitrogens with two attached hydrogens (primary N) is 1. The summed E-state index contributed by atoms with van der Waals surface area (Å²) in [6.07, 6.45) is 2.34. The van der Waals surface area contributed by atoms with Crippen molar-refractivity contribution in [2.75, 3.05) is 20.2 Å². The minimum atomic E-state index is 0.298. The molecule has 0 spiro atoms. The van der Waals surface area contributed by atoms with Crippen molar-refractivity contribution in [3.05, 3.63) is 29.3 Å². The number of hydrogen-bond donors (Lipinski definition) is 1. The lowest BCUT2D eigenvalue weighted by Crippen LogP contribution is -2.39. The molecule has 4 heteroatoms.